The van der Waals surface area contributed by atoms with Crippen LogP contribution in [0.3, 0.4) is 0 Å². The number of rotatable bonds is 8. The second-order valence-corrected chi connectivity index (χ2v) is 7.89. The van der Waals surface area contributed by atoms with Crippen molar-refractivity contribution in [3.8, 4) is 5.75 Å². The van der Waals surface area contributed by atoms with Gasteiger partial charge in [0.1, 0.15) is 5.75 Å². The molecule has 0 heterocycles. The van der Waals surface area contributed by atoms with Crippen molar-refractivity contribution in [2.45, 2.75) is 32.6 Å². The van der Waals surface area contributed by atoms with Crippen LogP contribution in [0, 0.1) is 6.92 Å². The van der Waals surface area contributed by atoms with Crippen LogP contribution in [0.5, 0.6) is 5.75 Å². The molecule has 2 rings (SSSR count). The van der Waals surface area contributed by atoms with Crippen molar-refractivity contribution < 1.29 is 19.1 Å². The summed E-state index contributed by atoms with van der Waals surface area (Å²) in [5.74, 6) is 1.02. The average molecular weight is 422 g/mol. The largest absolute Gasteiger partial charge is 0.495 e. The van der Waals surface area contributed by atoms with Gasteiger partial charge in [-0.2, -0.15) is 0 Å². The molecule has 0 saturated heterocycles. The highest BCUT2D eigenvalue weighted by atomic mass is 35.5. The van der Waals surface area contributed by atoms with Gasteiger partial charge in [0.05, 0.1) is 30.2 Å². The van der Waals surface area contributed by atoms with E-state index >= 15 is 0 Å². The van der Waals surface area contributed by atoms with Gasteiger partial charge in [0.25, 0.3) is 0 Å². The lowest BCUT2D eigenvalue weighted by Gasteiger charge is -2.12. The quantitative estimate of drug-likeness (QED) is 0.601. The van der Waals surface area contributed by atoms with Gasteiger partial charge in [0, 0.05) is 16.8 Å². The lowest BCUT2D eigenvalue weighted by atomic mass is 10.1. The second kappa shape index (κ2) is 10.4. The van der Waals surface area contributed by atoms with E-state index < -0.39 is 0 Å². The predicted molar refractivity (Wildman–Crippen MR) is 115 cm³/mol. The number of methoxy groups -OCH3 is 1. The molecule has 0 radical (unpaired) electrons. The fourth-order valence-electron chi connectivity index (χ4n) is 2.40. The summed E-state index contributed by atoms with van der Waals surface area (Å²) >= 11 is 7.57. The number of nitrogens with one attached hydrogen (secondary N) is 1. The van der Waals surface area contributed by atoms with Crippen LogP contribution in [-0.2, 0) is 15.3 Å². The van der Waals surface area contributed by atoms with Gasteiger partial charge < -0.3 is 14.8 Å². The zero-order valence-electron chi connectivity index (χ0n) is 16.4. The van der Waals surface area contributed by atoms with Crippen molar-refractivity contribution in [2.75, 3.05) is 18.2 Å². The van der Waals surface area contributed by atoms with Crippen molar-refractivity contribution in [2.24, 2.45) is 0 Å². The molecule has 7 heteroatoms. The van der Waals surface area contributed by atoms with E-state index in [2.05, 4.69) is 5.32 Å². The van der Waals surface area contributed by atoms with Gasteiger partial charge in [0.2, 0.25) is 5.91 Å². The SMILES string of the molecule is COc1cc(Cl)c(C)cc1NC(=O)CSCc1ccc(C(=O)OC(C)C)cc1. The number of esters is 1. The number of carbonyl (C=O) groups excluding carboxylic acids is 2. The number of benzene rings is 2. The van der Waals surface area contributed by atoms with E-state index in [4.69, 9.17) is 21.1 Å². The van der Waals surface area contributed by atoms with Crippen molar-refractivity contribution in [1.29, 1.82) is 0 Å². The summed E-state index contributed by atoms with van der Waals surface area (Å²) in [5, 5.41) is 3.44. The highest BCUT2D eigenvalue weighted by Gasteiger charge is 2.11. The van der Waals surface area contributed by atoms with E-state index in [-0.39, 0.29) is 18.0 Å². The van der Waals surface area contributed by atoms with Crippen molar-refractivity contribution in [1.82, 2.24) is 0 Å². The number of aryl methyl sites for hydroxylation is 1. The number of hydrogen-bond acceptors (Lipinski definition) is 5. The van der Waals surface area contributed by atoms with Crippen LogP contribution in [0.1, 0.15) is 35.3 Å². The maximum Gasteiger partial charge on any atom is 0.338 e. The highest BCUT2D eigenvalue weighted by Crippen LogP contribution is 2.31. The summed E-state index contributed by atoms with van der Waals surface area (Å²) in [6.45, 7) is 5.50. The standard InChI is InChI=1S/C21H24ClNO4S/c1-13(2)27-21(25)16-7-5-15(6-8-16)11-28-12-20(24)23-18-9-14(3)17(22)10-19(18)26-4/h5-10,13H,11-12H2,1-4H3,(H,23,24). The molecule has 0 unspecified atom stereocenters. The Morgan fingerprint density at radius 1 is 1.18 bits per heavy atom. The first kappa shape index (κ1) is 22.1. The minimum Gasteiger partial charge on any atom is -0.495 e. The molecule has 0 aliphatic heterocycles. The summed E-state index contributed by atoms with van der Waals surface area (Å²) in [5.41, 5.74) is 3.01. The first-order chi connectivity index (χ1) is 13.3. The third-order valence-electron chi connectivity index (χ3n) is 3.79. The zero-order chi connectivity index (χ0) is 20.7. The number of halogens is 1. The van der Waals surface area contributed by atoms with Gasteiger partial charge in [-0.15, -0.1) is 11.8 Å². The smallest absolute Gasteiger partial charge is 0.338 e. The van der Waals surface area contributed by atoms with Crippen molar-refractivity contribution in [3.05, 3.63) is 58.1 Å². The van der Waals surface area contributed by atoms with E-state index in [1.54, 1.807) is 24.3 Å². The van der Waals surface area contributed by atoms with Gasteiger partial charge in [-0.05, 0) is 50.1 Å². The predicted octanol–water partition coefficient (Wildman–Crippen LogP) is 5.09. The minimum absolute atomic E-state index is 0.123. The van der Waals surface area contributed by atoms with Crippen LogP contribution in [-0.4, -0.2) is 30.8 Å². The monoisotopic (exact) mass is 421 g/mol. The number of carbonyl (C=O) groups is 2. The molecule has 0 saturated carbocycles. The van der Waals surface area contributed by atoms with Crippen LogP contribution in [0.4, 0.5) is 5.69 Å². The van der Waals surface area contributed by atoms with Crippen LogP contribution in [0.2, 0.25) is 5.02 Å². The molecule has 1 N–H and O–H groups in total. The summed E-state index contributed by atoms with van der Waals surface area (Å²) in [6, 6.07) is 10.7. The lowest BCUT2D eigenvalue weighted by molar-refractivity contribution is -0.113. The molecule has 0 aliphatic carbocycles. The summed E-state index contributed by atoms with van der Waals surface area (Å²) in [6.07, 6.45) is -0.149. The number of amides is 1. The van der Waals surface area contributed by atoms with Crippen LogP contribution in [0.25, 0.3) is 0 Å². The maximum absolute atomic E-state index is 12.2. The fraction of sp³-hybridized carbons (Fsp3) is 0.333. The number of thioether (sulfide) groups is 1. The van der Waals surface area contributed by atoms with Crippen molar-refractivity contribution >= 4 is 40.9 Å². The van der Waals surface area contributed by atoms with Crippen LogP contribution < -0.4 is 10.1 Å². The number of ether oxygens (including phenoxy) is 2. The van der Waals surface area contributed by atoms with Gasteiger partial charge in [-0.25, -0.2) is 4.79 Å². The van der Waals surface area contributed by atoms with E-state index in [9.17, 15) is 9.59 Å². The molecule has 5 nitrogen and oxygen atoms in total. The van der Waals surface area contributed by atoms with Crippen LogP contribution >= 0.6 is 23.4 Å². The molecular formula is C21H24ClNO4S. The molecule has 0 fully saturated rings. The highest BCUT2D eigenvalue weighted by molar-refractivity contribution is 7.99. The van der Waals surface area contributed by atoms with E-state index in [1.807, 2.05) is 32.9 Å². The molecular weight excluding hydrogens is 398 g/mol. The molecule has 0 aliphatic rings. The summed E-state index contributed by atoms with van der Waals surface area (Å²) in [7, 11) is 1.53. The average Bonchev–Trinajstić information content (AvgIpc) is 2.64. The molecule has 2 aromatic rings. The third-order valence-corrected chi connectivity index (χ3v) is 5.20. The molecule has 0 atom stereocenters. The summed E-state index contributed by atoms with van der Waals surface area (Å²) in [4.78, 5) is 24.1. The fourth-order valence-corrected chi connectivity index (χ4v) is 3.34. The van der Waals surface area contributed by atoms with Gasteiger partial charge in [0.15, 0.2) is 0 Å². The van der Waals surface area contributed by atoms with Crippen molar-refractivity contribution in [3.63, 3.8) is 0 Å². The molecule has 1 amide bonds. The molecule has 0 aromatic heterocycles. The number of anilines is 1. The Bertz CT molecular complexity index is 837. The third kappa shape index (κ3) is 6.46. The van der Waals surface area contributed by atoms with Gasteiger partial charge in [-0.3, -0.25) is 4.79 Å². The Hall–Kier alpha value is -2.18. The maximum atomic E-state index is 12.2. The Labute approximate surface area is 174 Å². The Kier molecular flexibility index (Phi) is 8.20. The molecule has 0 spiro atoms. The van der Waals surface area contributed by atoms with E-state index in [1.165, 1.54) is 18.9 Å². The number of hydrogen-bond donors (Lipinski definition) is 1. The molecule has 28 heavy (non-hydrogen) atoms. The zero-order valence-corrected chi connectivity index (χ0v) is 17.9. The topological polar surface area (TPSA) is 64.6 Å². The second-order valence-electron chi connectivity index (χ2n) is 6.49. The van der Waals surface area contributed by atoms with E-state index in [0.717, 1.165) is 11.1 Å². The molecule has 150 valence electrons. The Morgan fingerprint density at radius 3 is 2.46 bits per heavy atom. The van der Waals surface area contributed by atoms with Gasteiger partial charge >= 0.3 is 5.97 Å². The summed E-state index contributed by atoms with van der Waals surface area (Å²) < 4.78 is 10.4. The minimum atomic E-state index is -0.333. The van der Waals surface area contributed by atoms with Gasteiger partial charge in [-0.1, -0.05) is 23.7 Å². The normalized spacial score (nSPS) is 10.6. The Morgan fingerprint density at radius 2 is 1.86 bits per heavy atom. The lowest BCUT2D eigenvalue weighted by Crippen LogP contribution is -2.15. The Balaban J connectivity index is 1.86. The first-order valence-electron chi connectivity index (χ1n) is 8.81. The van der Waals surface area contributed by atoms with E-state index in [0.29, 0.717) is 33.5 Å². The van der Waals surface area contributed by atoms with Crippen LogP contribution in [0.15, 0.2) is 36.4 Å². The molecule has 0 bridgehead atoms. The first-order valence-corrected chi connectivity index (χ1v) is 10.3. The molecule has 2 aromatic carbocycles.